The van der Waals surface area contributed by atoms with Crippen LogP contribution in [0.4, 0.5) is 0 Å². The Labute approximate surface area is 120 Å². The largest absolute Gasteiger partial charge is 0.487 e. The van der Waals surface area contributed by atoms with Crippen LogP contribution < -0.4 is 10.5 Å². The molecular formula is C16H23N3O. The highest BCUT2D eigenvalue weighted by Gasteiger charge is 2.62. The third-order valence-corrected chi connectivity index (χ3v) is 6.06. The number of ether oxygens (including phenoxy) is 1. The number of aromatic nitrogens is 1. The zero-order valence-electron chi connectivity index (χ0n) is 12.4. The molecule has 2 bridgehead atoms. The Hall–Kier alpha value is -1.58. The second-order valence-electron chi connectivity index (χ2n) is 7.00. The lowest BCUT2D eigenvalue weighted by atomic mass is 9.70. The molecule has 2 aliphatic rings. The van der Waals surface area contributed by atoms with Crippen LogP contribution in [0.3, 0.4) is 0 Å². The Kier molecular flexibility index (Phi) is 2.82. The van der Waals surface area contributed by atoms with Gasteiger partial charge >= 0.3 is 0 Å². The number of hydrogen-bond acceptors (Lipinski definition) is 3. The number of rotatable bonds is 3. The van der Waals surface area contributed by atoms with Crippen LogP contribution in [-0.2, 0) is 0 Å². The first-order valence-corrected chi connectivity index (χ1v) is 7.31. The summed E-state index contributed by atoms with van der Waals surface area (Å²) in [6.07, 6.45) is 7.13. The molecule has 20 heavy (non-hydrogen) atoms. The third kappa shape index (κ3) is 1.67. The number of nitrogens with two attached hydrogens (primary N) is 1. The molecule has 3 N–H and O–H groups in total. The summed E-state index contributed by atoms with van der Waals surface area (Å²) in [6.45, 7) is 7.07. The minimum atomic E-state index is 0.0370. The van der Waals surface area contributed by atoms with Crippen LogP contribution in [-0.4, -0.2) is 16.9 Å². The first-order chi connectivity index (χ1) is 9.36. The maximum atomic E-state index is 7.65. The van der Waals surface area contributed by atoms with Crippen molar-refractivity contribution < 1.29 is 4.74 Å². The molecule has 4 nitrogen and oxygen atoms in total. The molecule has 0 amide bonds. The van der Waals surface area contributed by atoms with Gasteiger partial charge in [0, 0.05) is 11.6 Å². The van der Waals surface area contributed by atoms with E-state index in [2.05, 4.69) is 25.8 Å². The van der Waals surface area contributed by atoms with Gasteiger partial charge in [0.2, 0.25) is 0 Å². The topological polar surface area (TPSA) is 72.0 Å². The van der Waals surface area contributed by atoms with Crippen LogP contribution in [0.15, 0.2) is 18.5 Å². The van der Waals surface area contributed by atoms with Crippen molar-refractivity contribution in [3.05, 3.63) is 24.0 Å². The predicted molar refractivity (Wildman–Crippen MR) is 78.9 cm³/mol. The Bertz CT molecular complexity index is 554. The molecule has 108 valence electrons. The number of pyridine rings is 1. The van der Waals surface area contributed by atoms with Crippen molar-refractivity contribution in [2.45, 2.75) is 46.1 Å². The van der Waals surface area contributed by atoms with Crippen molar-refractivity contribution in [2.75, 3.05) is 0 Å². The Morgan fingerprint density at radius 3 is 2.75 bits per heavy atom. The van der Waals surface area contributed by atoms with Gasteiger partial charge in [0.25, 0.3) is 0 Å². The molecule has 2 saturated carbocycles. The average molecular weight is 273 g/mol. The summed E-state index contributed by atoms with van der Waals surface area (Å²) in [7, 11) is 0. The molecule has 2 aliphatic carbocycles. The van der Waals surface area contributed by atoms with Crippen LogP contribution in [0.1, 0.15) is 45.6 Å². The number of amidine groups is 1. The van der Waals surface area contributed by atoms with E-state index in [4.69, 9.17) is 15.9 Å². The third-order valence-electron chi connectivity index (χ3n) is 6.06. The standard InChI is InChI=1S/C16H23N3O/c1-15(2)10-4-6-16(15,3)13(8-10)20-12-9-19-7-5-11(12)14(17)18/h5,7,9-10,13H,4,6,8H2,1-3H3,(H3,17,18). The quantitative estimate of drug-likeness (QED) is 0.657. The highest BCUT2D eigenvalue weighted by molar-refractivity contribution is 5.97. The SMILES string of the molecule is CC1(C)C2CCC1(C)C(Oc1cnccc1C(=N)N)C2. The zero-order chi connectivity index (χ0) is 14.5. The van der Waals surface area contributed by atoms with Crippen LogP contribution in [0, 0.1) is 22.2 Å². The van der Waals surface area contributed by atoms with E-state index in [-0.39, 0.29) is 17.4 Å². The molecule has 2 fully saturated rings. The molecule has 0 saturated heterocycles. The first kappa shape index (κ1) is 13.4. The summed E-state index contributed by atoms with van der Waals surface area (Å²) in [5.41, 5.74) is 6.78. The maximum Gasteiger partial charge on any atom is 0.148 e. The van der Waals surface area contributed by atoms with Gasteiger partial charge in [-0.3, -0.25) is 10.4 Å². The number of nitrogen functional groups attached to an aromatic ring is 1. The predicted octanol–water partition coefficient (Wildman–Crippen LogP) is 2.96. The first-order valence-electron chi connectivity index (χ1n) is 7.31. The van der Waals surface area contributed by atoms with E-state index in [1.54, 1.807) is 18.5 Å². The summed E-state index contributed by atoms with van der Waals surface area (Å²) < 4.78 is 6.26. The van der Waals surface area contributed by atoms with Gasteiger partial charge in [0.15, 0.2) is 0 Å². The normalized spacial score (nSPS) is 34.1. The monoisotopic (exact) mass is 273 g/mol. The summed E-state index contributed by atoms with van der Waals surface area (Å²) in [6, 6.07) is 1.75. The lowest BCUT2D eigenvalue weighted by Crippen LogP contribution is -2.39. The molecule has 3 atom stereocenters. The molecular weight excluding hydrogens is 250 g/mol. The van der Waals surface area contributed by atoms with Gasteiger partial charge in [-0.05, 0) is 36.7 Å². The summed E-state index contributed by atoms with van der Waals surface area (Å²) in [4.78, 5) is 4.11. The minimum absolute atomic E-state index is 0.0370. The zero-order valence-corrected chi connectivity index (χ0v) is 12.4. The van der Waals surface area contributed by atoms with Gasteiger partial charge < -0.3 is 10.5 Å². The van der Waals surface area contributed by atoms with Crippen LogP contribution in [0.25, 0.3) is 0 Å². The molecule has 3 unspecified atom stereocenters. The maximum absolute atomic E-state index is 7.65. The highest BCUT2D eigenvalue weighted by Crippen LogP contribution is 2.66. The van der Waals surface area contributed by atoms with Gasteiger partial charge in [-0.2, -0.15) is 0 Å². The molecule has 1 aromatic heterocycles. The Morgan fingerprint density at radius 1 is 1.45 bits per heavy atom. The van der Waals surface area contributed by atoms with Gasteiger partial charge in [0.1, 0.15) is 17.7 Å². The molecule has 4 heteroatoms. The van der Waals surface area contributed by atoms with E-state index in [1.807, 2.05) is 0 Å². The van der Waals surface area contributed by atoms with Crippen molar-refractivity contribution in [1.29, 1.82) is 5.41 Å². The van der Waals surface area contributed by atoms with Crippen molar-refractivity contribution in [1.82, 2.24) is 4.98 Å². The van der Waals surface area contributed by atoms with E-state index < -0.39 is 0 Å². The fourth-order valence-corrected chi connectivity index (χ4v) is 4.16. The smallest absolute Gasteiger partial charge is 0.148 e. The van der Waals surface area contributed by atoms with Crippen LogP contribution in [0.2, 0.25) is 0 Å². The van der Waals surface area contributed by atoms with Crippen molar-refractivity contribution in [3.63, 3.8) is 0 Å². The van der Waals surface area contributed by atoms with Gasteiger partial charge in [-0.25, -0.2) is 0 Å². The average Bonchev–Trinajstić information content (AvgIpc) is 2.72. The van der Waals surface area contributed by atoms with Gasteiger partial charge in [-0.15, -0.1) is 0 Å². The number of nitrogens with one attached hydrogen (secondary N) is 1. The Balaban J connectivity index is 1.89. The molecule has 3 rings (SSSR count). The van der Waals surface area contributed by atoms with E-state index in [0.717, 1.165) is 12.3 Å². The van der Waals surface area contributed by atoms with E-state index in [1.165, 1.54) is 12.8 Å². The van der Waals surface area contributed by atoms with Crippen LogP contribution >= 0.6 is 0 Å². The fourth-order valence-electron chi connectivity index (χ4n) is 4.16. The number of nitrogens with zero attached hydrogens (tertiary/aromatic N) is 1. The molecule has 0 radical (unpaired) electrons. The van der Waals surface area contributed by atoms with Gasteiger partial charge in [-0.1, -0.05) is 20.8 Å². The summed E-state index contributed by atoms with van der Waals surface area (Å²) in [5, 5.41) is 7.65. The molecule has 1 heterocycles. The second kappa shape index (κ2) is 4.21. The summed E-state index contributed by atoms with van der Waals surface area (Å²) >= 11 is 0. The van der Waals surface area contributed by atoms with E-state index in [0.29, 0.717) is 16.7 Å². The molecule has 0 spiro atoms. The fraction of sp³-hybridized carbons (Fsp3) is 0.625. The molecule has 1 aromatic rings. The Morgan fingerprint density at radius 2 is 2.20 bits per heavy atom. The van der Waals surface area contributed by atoms with Crippen molar-refractivity contribution in [2.24, 2.45) is 22.5 Å². The minimum Gasteiger partial charge on any atom is -0.487 e. The molecule has 0 aromatic carbocycles. The van der Waals surface area contributed by atoms with Gasteiger partial charge in [0.05, 0.1) is 11.8 Å². The number of hydrogen-bond donors (Lipinski definition) is 2. The lowest BCUT2D eigenvalue weighted by Gasteiger charge is -2.39. The van der Waals surface area contributed by atoms with E-state index >= 15 is 0 Å². The van der Waals surface area contributed by atoms with Crippen LogP contribution in [0.5, 0.6) is 5.75 Å². The molecule has 0 aliphatic heterocycles. The summed E-state index contributed by atoms with van der Waals surface area (Å²) in [5.74, 6) is 1.42. The van der Waals surface area contributed by atoms with Crippen molar-refractivity contribution >= 4 is 5.84 Å². The van der Waals surface area contributed by atoms with E-state index in [9.17, 15) is 0 Å². The lowest BCUT2D eigenvalue weighted by molar-refractivity contribution is 0.0298. The number of fused-ring (bicyclic) bond motifs is 2. The highest BCUT2D eigenvalue weighted by atomic mass is 16.5. The van der Waals surface area contributed by atoms with Crippen molar-refractivity contribution in [3.8, 4) is 5.75 Å². The second-order valence-corrected chi connectivity index (χ2v) is 7.00.